The van der Waals surface area contributed by atoms with Crippen molar-refractivity contribution in [1.82, 2.24) is 15.0 Å². The van der Waals surface area contributed by atoms with Crippen molar-refractivity contribution < 1.29 is 38.5 Å². The molecule has 4 aromatic heterocycles. The van der Waals surface area contributed by atoms with Crippen LogP contribution in [-0.2, 0) is 32.9 Å². The third-order valence-electron chi connectivity index (χ3n) is 8.20. The summed E-state index contributed by atoms with van der Waals surface area (Å²) in [5, 5.41) is 2.45. The van der Waals surface area contributed by atoms with Gasteiger partial charge in [0.2, 0.25) is 11.7 Å². The summed E-state index contributed by atoms with van der Waals surface area (Å²) in [6, 6.07) is 40.6. The summed E-state index contributed by atoms with van der Waals surface area (Å²) in [5.74, 6) is -0.613. The molecule has 0 bridgehead atoms. The number of furan rings is 1. The van der Waals surface area contributed by atoms with Crippen LogP contribution in [0, 0.1) is 24.9 Å². The van der Waals surface area contributed by atoms with Gasteiger partial charge in [0.05, 0.1) is 13.7 Å². The largest absolute Gasteiger partial charge is 0.486 e. The first-order valence-corrected chi connectivity index (χ1v) is 20.0. The van der Waals surface area contributed by atoms with E-state index in [9.17, 15) is 4.39 Å². The number of rotatable bonds is 7. The second-order valence-corrected chi connectivity index (χ2v) is 18.0. The first kappa shape index (κ1) is 28.5. The van der Waals surface area contributed by atoms with Crippen LogP contribution in [0.15, 0.2) is 138 Å². The predicted octanol–water partition coefficient (Wildman–Crippen LogP) is 10.6. The number of nitrogens with zero attached hydrogens (tertiary/aromatic N) is 3. The van der Waals surface area contributed by atoms with Gasteiger partial charge in [-0.2, -0.15) is 9.37 Å². The monoisotopic (exact) mass is 883 g/mol. The summed E-state index contributed by atoms with van der Waals surface area (Å²) in [6.45, 7) is 4.34. The van der Waals surface area contributed by atoms with Crippen molar-refractivity contribution in [1.29, 1.82) is 0 Å². The Morgan fingerprint density at radius 2 is 1.52 bits per heavy atom. The molecule has 0 saturated carbocycles. The minimum absolute atomic E-state index is 0. The van der Waals surface area contributed by atoms with E-state index in [1.54, 1.807) is 79.1 Å². The van der Waals surface area contributed by atoms with Gasteiger partial charge in [0.15, 0.2) is 0 Å². The van der Waals surface area contributed by atoms with Crippen LogP contribution >= 0.6 is 0 Å². The number of pyridine rings is 3. The van der Waals surface area contributed by atoms with Crippen LogP contribution in [0.2, 0.25) is 19.6 Å². The fourth-order valence-electron chi connectivity index (χ4n) is 5.69. The average Bonchev–Trinajstić information content (AvgIpc) is 3.59. The van der Waals surface area contributed by atoms with Gasteiger partial charge in [0, 0.05) is 47.5 Å². The summed E-state index contributed by atoms with van der Waals surface area (Å²) in [6.07, 6.45) is -0.0134. The first-order chi connectivity index (χ1) is 27.4. The predicted molar refractivity (Wildman–Crippen MR) is 208 cm³/mol. The second-order valence-electron chi connectivity index (χ2n) is 13.0. The molecule has 8 aromatic rings. The van der Waals surface area contributed by atoms with Gasteiger partial charge in [-0.15, -0.1) is 53.6 Å². The Hall–Kier alpha value is -5.07. The molecular weight excluding hydrogens is 838 g/mol. The Labute approximate surface area is 329 Å². The molecule has 0 spiro atoms. The van der Waals surface area contributed by atoms with Crippen LogP contribution in [0.1, 0.15) is 37.4 Å². The Morgan fingerprint density at radius 1 is 0.769 bits per heavy atom. The number of benzene rings is 4. The summed E-state index contributed by atoms with van der Waals surface area (Å²) in [5.41, 5.74) is 5.48. The molecule has 4 nitrogen and oxygen atoms in total. The van der Waals surface area contributed by atoms with E-state index in [1.807, 2.05) is 42.5 Å². The molecule has 0 fully saturated rings. The van der Waals surface area contributed by atoms with E-state index in [2.05, 4.69) is 46.7 Å². The number of aryl methyl sites for hydroxylation is 1. The molecule has 0 aliphatic carbocycles. The Kier molecular flexibility index (Phi) is 8.81. The summed E-state index contributed by atoms with van der Waals surface area (Å²) in [7, 11) is -1.87. The third-order valence-corrected chi connectivity index (χ3v) is 10.2. The van der Waals surface area contributed by atoms with Crippen LogP contribution in [0.3, 0.4) is 0 Å². The van der Waals surface area contributed by atoms with Crippen LogP contribution in [0.5, 0.6) is 0 Å². The molecule has 4 heterocycles. The average molecular weight is 883 g/mol. The standard InChI is InChI=1S/C23H14FN2O.C22H24NSi.Ir/c24-21-10-9-18-17-7-4-8-19(22(17)27-23(18)26-21)20-14-16(11-12-25-20)13-15-5-2-1-3-6-15;1-17-10-12-19(13-11-17)21-15-20(14-18-8-6-5-7-9-18)22(16-23-21)24(2,3)4;/h1-7,9-12,14H,13H2;5-12,15-16H,14H2,1-4H3;/q2*-1;/i13D2;1D3,14D2;. The molecule has 0 N–H and O–H groups in total. The molecule has 0 amide bonds. The fourth-order valence-corrected chi connectivity index (χ4v) is 7.08. The smallest absolute Gasteiger partial charge is 0.218 e. The number of hydrogen-bond acceptors (Lipinski definition) is 4. The van der Waals surface area contributed by atoms with E-state index in [0.717, 1.165) is 10.6 Å². The maximum Gasteiger partial charge on any atom is 0.218 e. The molecule has 4 aromatic carbocycles. The van der Waals surface area contributed by atoms with Crippen molar-refractivity contribution in [3.05, 3.63) is 180 Å². The third kappa shape index (κ3) is 8.51. The molecule has 0 unspecified atom stereocenters. The van der Waals surface area contributed by atoms with Crippen LogP contribution in [0.25, 0.3) is 44.6 Å². The summed E-state index contributed by atoms with van der Waals surface area (Å²) < 4.78 is 76.8. The topological polar surface area (TPSA) is 51.8 Å². The van der Waals surface area contributed by atoms with Crippen molar-refractivity contribution in [2.75, 3.05) is 0 Å². The number of aromatic nitrogens is 3. The molecule has 0 aliphatic rings. The zero-order chi connectivity index (χ0) is 41.5. The Balaban J connectivity index is 0.000000195. The number of fused-ring (bicyclic) bond motifs is 3. The zero-order valence-electron chi connectivity index (χ0n) is 35.7. The molecule has 261 valence electrons. The molecule has 1 radical (unpaired) electrons. The molecule has 7 heteroatoms. The minimum Gasteiger partial charge on any atom is -0.486 e. The summed E-state index contributed by atoms with van der Waals surface area (Å²) in [4.78, 5) is 12.8. The Bertz CT molecular complexity index is 2720. The molecule has 0 saturated heterocycles. The molecule has 8 rings (SSSR count). The van der Waals surface area contributed by atoms with E-state index in [1.165, 1.54) is 12.1 Å². The zero-order valence-corrected chi connectivity index (χ0v) is 32.1. The van der Waals surface area contributed by atoms with Gasteiger partial charge in [0.1, 0.15) is 0 Å². The van der Waals surface area contributed by atoms with Gasteiger partial charge in [-0.05, 0) is 64.2 Å². The fraction of sp³-hybridized carbons (Fsp3) is 0.133. The number of hydrogen-bond donors (Lipinski definition) is 0. The van der Waals surface area contributed by atoms with Crippen LogP contribution in [-0.4, -0.2) is 23.0 Å². The van der Waals surface area contributed by atoms with Gasteiger partial charge < -0.3 is 14.4 Å². The van der Waals surface area contributed by atoms with E-state index in [0.29, 0.717) is 55.7 Å². The molecule has 0 atom stereocenters. The minimum atomic E-state index is -2.18. The van der Waals surface area contributed by atoms with Crippen molar-refractivity contribution in [2.24, 2.45) is 0 Å². The summed E-state index contributed by atoms with van der Waals surface area (Å²) >= 11 is 0. The van der Waals surface area contributed by atoms with Gasteiger partial charge in [-0.25, -0.2) is 0 Å². The van der Waals surface area contributed by atoms with Crippen LogP contribution in [0.4, 0.5) is 4.39 Å². The number of halogens is 1. The van der Waals surface area contributed by atoms with Gasteiger partial charge >= 0.3 is 0 Å². The van der Waals surface area contributed by atoms with Crippen LogP contribution < -0.4 is 5.19 Å². The van der Waals surface area contributed by atoms with E-state index in [-0.39, 0.29) is 31.4 Å². The quantitative estimate of drug-likeness (QED) is 0.0909. The maximum absolute atomic E-state index is 13.5. The van der Waals surface area contributed by atoms with Crippen molar-refractivity contribution in [3.8, 4) is 22.5 Å². The van der Waals surface area contributed by atoms with Crippen molar-refractivity contribution in [3.63, 3.8) is 0 Å². The van der Waals surface area contributed by atoms with Gasteiger partial charge in [-0.1, -0.05) is 116 Å². The first-order valence-electron chi connectivity index (χ1n) is 20.0. The molecular formula is C45H38FIrN3OSi-2. The van der Waals surface area contributed by atoms with Gasteiger partial charge in [-0.3, -0.25) is 0 Å². The second kappa shape index (κ2) is 16.1. The van der Waals surface area contributed by atoms with E-state index < -0.39 is 33.6 Å². The normalized spacial score (nSPS) is 14.0. The van der Waals surface area contributed by atoms with E-state index in [4.69, 9.17) is 14.0 Å². The Morgan fingerprint density at radius 3 is 2.21 bits per heavy atom. The van der Waals surface area contributed by atoms with E-state index >= 15 is 0 Å². The van der Waals surface area contributed by atoms with Crippen molar-refractivity contribution >= 4 is 35.3 Å². The SMILES string of the molecule is [2H]C([2H])([2H])c1c[c-]c(-c2cc(C([2H])([2H])c3ccccc3)c([Si](C)(C)C)cn2)cc1.[2H]C([2H])(c1ccccc1)c1ccnc(-c2[c-]ccc3c2oc2nc(F)ccc23)c1.[Ir]. The maximum atomic E-state index is 13.5. The molecule has 52 heavy (non-hydrogen) atoms. The van der Waals surface area contributed by atoms with Crippen molar-refractivity contribution in [2.45, 2.75) is 39.2 Å². The van der Waals surface area contributed by atoms with Gasteiger partial charge in [0.25, 0.3) is 0 Å². The molecule has 0 aliphatic heterocycles.